The van der Waals surface area contributed by atoms with E-state index in [1.165, 1.54) is 12.3 Å². The smallest absolute Gasteiger partial charge is 0.355 e. The van der Waals surface area contributed by atoms with Crippen LogP contribution in [0, 0.1) is 18.8 Å². The maximum absolute atomic E-state index is 13.3. The lowest BCUT2D eigenvalue weighted by atomic mass is 10.0. The lowest BCUT2D eigenvalue weighted by Crippen LogP contribution is -2.31. The molecule has 0 aliphatic carbocycles. The van der Waals surface area contributed by atoms with Gasteiger partial charge in [-0.1, -0.05) is 0 Å². The van der Waals surface area contributed by atoms with E-state index in [4.69, 9.17) is 0 Å². The summed E-state index contributed by atoms with van der Waals surface area (Å²) in [5, 5.41) is 4.43. The molecule has 0 amide bonds. The Morgan fingerprint density at radius 3 is 2.29 bits per heavy atom. The summed E-state index contributed by atoms with van der Waals surface area (Å²) >= 11 is 0. The van der Waals surface area contributed by atoms with Crippen molar-refractivity contribution in [1.82, 2.24) is 19.6 Å². The van der Waals surface area contributed by atoms with E-state index >= 15 is 0 Å². The largest absolute Gasteiger partial charge is 0.419 e. The van der Waals surface area contributed by atoms with E-state index in [2.05, 4.69) is 20.0 Å². The van der Waals surface area contributed by atoms with E-state index in [0.717, 1.165) is 36.2 Å². The van der Waals surface area contributed by atoms with Crippen LogP contribution in [0.1, 0.15) is 11.3 Å². The molecule has 2 saturated heterocycles. The minimum Gasteiger partial charge on any atom is -0.355 e. The predicted octanol–water partition coefficient (Wildman–Crippen LogP) is 3.02. The number of hydrogen-bond acceptors (Lipinski definition) is 5. The van der Waals surface area contributed by atoms with E-state index in [1.807, 2.05) is 23.7 Å². The lowest BCUT2D eigenvalue weighted by molar-refractivity contribution is -0.137. The molecule has 5 heterocycles. The van der Waals surface area contributed by atoms with Crippen LogP contribution in [-0.4, -0.2) is 45.8 Å². The fourth-order valence-corrected chi connectivity index (χ4v) is 4.48. The van der Waals surface area contributed by atoms with Crippen molar-refractivity contribution in [2.45, 2.75) is 13.1 Å². The molecule has 2 unspecified atom stereocenters. The fraction of sp³-hybridized carbons (Fsp3) is 0.421. The van der Waals surface area contributed by atoms with Crippen molar-refractivity contribution < 1.29 is 13.2 Å². The molecule has 9 heteroatoms. The number of halogens is 3. The second-order valence-electron chi connectivity index (χ2n) is 7.57. The summed E-state index contributed by atoms with van der Waals surface area (Å²) in [6, 6.07) is 4.45. The molecule has 2 aliphatic heterocycles. The highest BCUT2D eigenvalue weighted by Gasteiger charge is 2.44. The molecule has 0 aromatic carbocycles. The monoisotopic (exact) mass is 388 g/mol. The highest BCUT2D eigenvalue weighted by molar-refractivity contribution is 5.69. The SMILES string of the molecule is Cc1cc2c(N3CC4CN(c5ncccc5C(F)(F)F)CC4C3)nccn2n1. The van der Waals surface area contributed by atoms with Gasteiger partial charge >= 0.3 is 6.18 Å². The molecule has 0 radical (unpaired) electrons. The molecule has 6 nitrogen and oxygen atoms in total. The maximum atomic E-state index is 13.3. The van der Waals surface area contributed by atoms with Crippen LogP contribution < -0.4 is 9.80 Å². The summed E-state index contributed by atoms with van der Waals surface area (Å²) in [7, 11) is 0. The Bertz CT molecular complexity index is 1020. The van der Waals surface area contributed by atoms with E-state index in [1.54, 1.807) is 11.1 Å². The number of alkyl halides is 3. The minimum atomic E-state index is -4.40. The molecule has 2 fully saturated rings. The first kappa shape index (κ1) is 17.3. The number of fused-ring (bicyclic) bond motifs is 2. The number of rotatable bonds is 2. The van der Waals surface area contributed by atoms with Crippen molar-refractivity contribution in [3.8, 4) is 0 Å². The molecule has 0 spiro atoms. The van der Waals surface area contributed by atoms with Crippen LogP contribution in [0.2, 0.25) is 0 Å². The second kappa shape index (κ2) is 6.08. The molecule has 0 N–H and O–H groups in total. The number of aryl methyl sites for hydroxylation is 1. The van der Waals surface area contributed by atoms with Crippen molar-refractivity contribution in [2.24, 2.45) is 11.8 Å². The third-order valence-electron chi connectivity index (χ3n) is 5.67. The van der Waals surface area contributed by atoms with Gasteiger partial charge in [0.2, 0.25) is 0 Å². The Balaban J connectivity index is 1.37. The van der Waals surface area contributed by atoms with Gasteiger partial charge in [-0.3, -0.25) is 0 Å². The highest BCUT2D eigenvalue weighted by atomic mass is 19.4. The van der Waals surface area contributed by atoms with Crippen molar-refractivity contribution in [2.75, 3.05) is 36.0 Å². The zero-order valence-electron chi connectivity index (χ0n) is 15.3. The average Bonchev–Trinajstić information content (AvgIpc) is 3.32. The van der Waals surface area contributed by atoms with Crippen LogP contribution in [0.4, 0.5) is 24.8 Å². The Kier molecular flexibility index (Phi) is 3.75. The minimum absolute atomic E-state index is 0.0441. The number of pyridine rings is 1. The van der Waals surface area contributed by atoms with Crippen LogP contribution in [0.5, 0.6) is 0 Å². The van der Waals surface area contributed by atoms with Crippen LogP contribution in [0.3, 0.4) is 0 Å². The van der Waals surface area contributed by atoms with Crippen molar-refractivity contribution in [3.63, 3.8) is 0 Å². The molecular formula is C19H19F3N6. The number of nitrogens with zero attached hydrogens (tertiary/aromatic N) is 6. The Labute approximate surface area is 159 Å². The van der Waals surface area contributed by atoms with Crippen LogP contribution >= 0.6 is 0 Å². The first-order valence-corrected chi connectivity index (χ1v) is 9.23. The van der Waals surface area contributed by atoms with E-state index in [9.17, 15) is 13.2 Å². The standard InChI is InChI=1S/C19H19F3N6/c1-12-7-16-18(24-5-6-28(16)25-12)27-10-13-8-26(9-14(13)11-27)17-15(19(20,21)22)3-2-4-23-17/h2-7,13-14H,8-11H2,1H3. The Morgan fingerprint density at radius 2 is 1.61 bits per heavy atom. The first-order valence-electron chi connectivity index (χ1n) is 9.23. The van der Waals surface area contributed by atoms with Gasteiger partial charge in [0.25, 0.3) is 0 Å². The summed E-state index contributed by atoms with van der Waals surface area (Å²) in [5.74, 6) is 1.50. The van der Waals surface area contributed by atoms with Gasteiger partial charge in [-0.15, -0.1) is 0 Å². The van der Waals surface area contributed by atoms with Crippen molar-refractivity contribution in [3.05, 3.63) is 48.0 Å². The number of anilines is 2. The van der Waals surface area contributed by atoms with Crippen LogP contribution in [-0.2, 0) is 6.18 Å². The van der Waals surface area contributed by atoms with Gasteiger partial charge in [0.15, 0.2) is 5.82 Å². The van der Waals surface area contributed by atoms with E-state index in [0.29, 0.717) is 13.1 Å². The third kappa shape index (κ3) is 2.76. The summed E-state index contributed by atoms with van der Waals surface area (Å²) in [6.07, 6.45) is 0.590. The molecule has 2 aliphatic rings. The Morgan fingerprint density at radius 1 is 0.964 bits per heavy atom. The Hall–Kier alpha value is -2.84. The lowest BCUT2D eigenvalue weighted by Gasteiger charge is -2.25. The van der Waals surface area contributed by atoms with Gasteiger partial charge in [-0.25, -0.2) is 14.5 Å². The zero-order valence-corrected chi connectivity index (χ0v) is 15.3. The summed E-state index contributed by atoms with van der Waals surface area (Å²) in [6.45, 7) is 4.63. The van der Waals surface area contributed by atoms with Crippen LogP contribution in [0.25, 0.3) is 5.52 Å². The third-order valence-corrected chi connectivity index (χ3v) is 5.67. The predicted molar refractivity (Wildman–Crippen MR) is 98.4 cm³/mol. The van der Waals surface area contributed by atoms with Gasteiger partial charge < -0.3 is 9.80 Å². The quantitative estimate of drug-likeness (QED) is 0.676. The molecule has 0 bridgehead atoms. The first-order chi connectivity index (χ1) is 13.4. The molecule has 146 valence electrons. The topological polar surface area (TPSA) is 49.6 Å². The fourth-order valence-electron chi connectivity index (χ4n) is 4.48. The molecule has 3 aromatic heterocycles. The molecule has 28 heavy (non-hydrogen) atoms. The summed E-state index contributed by atoms with van der Waals surface area (Å²) < 4.78 is 41.8. The van der Waals surface area contributed by atoms with Crippen LogP contribution in [0.15, 0.2) is 36.8 Å². The van der Waals surface area contributed by atoms with Crippen molar-refractivity contribution in [1.29, 1.82) is 0 Å². The van der Waals surface area contributed by atoms with E-state index in [-0.39, 0.29) is 17.7 Å². The van der Waals surface area contributed by atoms with Crippen molar-refractivity contribution >= 4 is 17.2 Å². The van der Waals surface area contributed by atoms with Gasteiger partial charge in [-0.05, 0) is 25.1 Å². The van der Waals surface area contributed by atoms with E-state index < -0.39 is 11.7 Å². The molecule has 5 rings (SSSR count). The zero-order chi connectivity index (χ0) is 19.5. The van der Waals surface area contributed by atoms with Gasteiger partial charge in [0.05, 0.1) is 11.3 Å². The molecule has 3 aromatic rings. The summed E-state index contributed by atoms with van der Waals surface area (Å²) in [5.41, 5.74) is 1.23. The normalized spacial score (nSPS) is 22.3. The maximum Gasteiger partial charge on any atom is 0.419 e. The van der Waals surface area contributed by atoms with Gasteiger partial charge in [0, 0.05) is 56.6 Å². The number of hydrogen-bond donors (Lipinski definition) is 0. The van der Waals surface area contributed by atoms with Gasteiger partial charge in [0.1, 0.15) is 11.3 Å². The summed E-state index contributed by atoms with van der Waals surface area (Å²) in [4.78, 5) is 12.6. The second-order valence-corrected chi connectivity index (χ2v) is 7.57. The molecule has 2 atom stereocenters. The van der Waals surface area contributed by atoms with Gasteiger partial charge in [-0.2, -0.15) is 18.3 Å². The highest BCUT2D eigenvalue weighted by Crippen LogP contribution is 2.40. The molecule has 0 saturated carbocycles. The number of aromatic nitrogens is 4. The average molecular weight is 388 g/mol. The molecular weight excluding hydrogens is 369 g/mol.